The Morgan fingerprint density at radius 3 is 2.71 bits per heavy atom. The highest BCUT2D eigenvalue weighted by Gasteiger charge is 2.34. The molecule has 168 valence electrons. The van der Waals surface area contributed by atoms with Gasteiger partial charge in [-0.25, -0.2) is 4.98 Å². The van der Waals surface area contributed by atoms with Crippen LogP contribution in [0.3, 0.4) is 0 Å². The zero-order valence-corrected chi connectivity index (χ0v) is 18.7. The number of nitrogens with zero attached hydrogens (tertiary/aromatic N) is 2. The van der Waals surface area contributed by atoms with E-state index in [2.05, 4.69) is 10.3 Å². The van der Waals surface area contributed by atoms with Crippen LogP contribution in [0.2, 0.25) is 10.2 Å². The Bertz CT molecular complexity index is 1030. The highest BCUT2D eigenvalue weighted by Crippen LogP contribution is 2.45. The molecule has 0 spiro atoms. The molecule has 1 aliphatic carbocycles. The van der Waals surface area contributed by atoms with Crippen LogP contribution in [-0.2, 0) is 11.3 Å². The van der Waals surface area contributed by atoms with Gasteiger partial charge in [0.1, 0.15) is 10.7 Å². The van der Waals surface area contributed by atoms with Crippen LogP contribution in [0.1, 0.15) is 48.7 Å². The zero-order chi connectivity index (χ0) is 22.5. The number of hydrogen-bond donors (Lipinski definition) is 3. The van der Waals surface area contributed by atoms with Crippen LogP contribution >= 0.6 is 34.5 Å². The maximum absolute atomic E-state index is 14.2. The topological polar surface area (TPSA) is 93.2 Å². The lowest BCUT2D eigenvalue weighted by molar-refractivity contribution is -0.122. The van der Waals surface area contributed by atoms with Crippen molar-refractivity contribution in [1.29, 1.82) is 0 Å². The molecule has 31 heavy (non-hydrogen) atoms. The van der Waals surface area contributed by atoms with E-state index in [0.717, 1.165) is 35.1 Å². The highest BCUT2D eigenvalue weighted by atomic mass is 35.5. The number of pyridine rings is 1. The first-order valence-corrected chi connectivity index (χ1v) is 11.3. The number of hydrogen-bond acceptors (Lipinski definition) is 5. The number of nitrogens with two attached hydrogens (primary N) is 1. The van der Waals surface area contributed by atoms with Crippen molar-refractivity contribution in [1.82, 2.24) is 9.55 Å². The molecule has 0 amide bonds. The molecule has 0 saturated heterocycles. The van der Waals surface area contributed by atoms with Crippen molar-refractivity contribution < 1.29 is 18.7 Å². The smallest absolute Gasteiger partial charge is 0.319 e. The van der Waals surface area contributed by atoms with Crippen LogP contribution in [0.15, 0.2) is 23.6 Å². The predicted octanol–water partition coefficient (Wildman–Crippen LogP) is 6.10. The lowest BCUT2D eigenvalue weighted by Crippen LogP contribution is -2.33. The Labute approximate surface area is 192 Å². The molecular weight excluding hydrogens is 469 g/mol. The fraction of sp³-hybridized carbons (Fsp3) is 0.400. The minimum atomic E-state index is -2.76. The average Bonchev–Trinajstić information content (AvgIpc) is 3.34. The number of carbonyl (C=O) groups is 1. The Morgan fingerprint density at radius 1 is 1.39 bits per heavy atom. The SMILES string of the molecule is N[C@H]1CCCC[C@@H]1c1c(Cl)c2nc(Cl)cc(NCc3cccs3)c2n1C(F)F.O=CO. The molecule has 3 aromatic heterocycles. The predicted molar refractivity (Wildman–Crippen MR) is 121 cm³/mol. The summed E-state index contributed by atoms with van der Waals surface area (Å²) in [6.07, 6.45) is 3.47. The van der Waals surface area contributed by atoms with Crippen molar-refractivity contribution in [3.05, 3.63) is 44.3 Å². The number of halogens is 4. The molecule has 4 rings (SSSR count). The van der Waals surface area contributed by atoms with Crippen LogP contribution in [0.5, 0.6) is 0 Å². The van der Waals surface area contributed by atoms with Crippen molar-refractivity contribution in [2.45, 2.75) is 50.7 Å². The third-order valence-corrected chi connectivity index (χ3v) is 6.74. The van der Waals surface area contributed by atoms with E-state index in [1.54, 1.807) is 17.4 Å². The lowest BCUT2D eigenvalue weighted by atomic mass is 9.83. The number of fused-ring (bicyclic) bond motifs is 1. The molecule has 2 atom stereocenters. The van der Waals surface area contributed by atoms with Crippen LogP contribution in [0.4, 0.5) is 14.5 Å². The first-order valence-electron chi connectivity index (χ1n) is 9.66. The second kappa shape index (κ2) is 10.6. The second-order valence-electron chi connectivity index (χ2n) is 7.13. The molecule has 6 nitrogen and oxygen atoms in total. The molecule has 3 aromatic rings. The van der Waals surface area contributed by atoms with Crippen molar-refractivity contribution in [2.75, 3.05) is 5.32 Å². The number of aromatic nitrogens is 2. The largest absolute Gasteiger partial charge is 0.483 e. The molecule has 1 aliphatic rings. The quantitative estimate of drug-likeness (QED) is 0.296. The van der Waals surface area contributed by atoms with Crippen LogP contribution in [-0.4, -0.2) is 27.2 Å². The molecule has 0 bridgehead atoms. The first kappa shape index (κ1) is 23.7. The van der Waals surface area contributed by atoms with Gasteiger partial charge in [0, 0.05) is 35.1 Å². The van der Waals surface area contributed by atoms with Crippen LogP contribution in [0.25, 0.3) is 11.0 Å². The van der Waals surface area contributed by atoms with Gasteiger partial charge in [-0.15, -0.1) is 11.3 Å². The summed E-state index contributed by atoms with van der Waals surface area (Å²) >= 11 is 14.4. The maximum atomic E-state index is 14.2. The van der Waals surface area contributed by atoms with E-state index in [-0.39, 0.29) is 39.6 Å². The molecule has 4 N–H and O–H groups in total. The van der Waals surface area contributed by atoms with Crippen molar-refractivity contribution in [3.8, 4) is 0 Å². The van der Waals surface area contributed by atoms with Gasteiger partial charge >= 0.3 is 6.55 Å². The molecule has 3 heterocycles. The van der Waals surface area contributed by atoms with Gasteiger partial charge in [-0.2, -0.15) is 8.78 Å². The zero-order valence-electron chi connectivity index (χ0n) is 16.4. The van der Waals surface area contributed by atoms with E-state index >= 15 is 0 Å². The number of carboxylic acid groups (broad SMARTS) is 1. The van der Waals surface area contributed by atoms with E-state index in [0.29, 0.717) is 17.9 Å². The fourth-order valence-corrected chi connectivity index (χ4v) is 5.23. The summed E-state index contributed by atoms with van der Waals surface area (Å²) in [5.41, 5.74) is 7.70. The summed E-state index contributed by atoms with van der Waals surface area (Å²) in [4.78, 5) is 13.7. The molecule has 0 aromatic carbocycles. The fourth-order valence-electron chi connectivity index (χ4n) is 4.02. The van der Waals surface area contributed by atoms with Gasteiger partial charge in [0.25, 0.3) is 6.47 Å². The van der Waals surface area contributed by atoms with Crippen molar-refractivity contribution in [2.24, 2.45) is 5.73 Å². The third-order valence-electron chi connectivity index (χ3n) is 5.29. The minimum Gasteiger partial charge on any atom is -0.483 e. The number of anilines is 1. The standard InChI is InChI=1S/C19H20Cl2F2N4S.CH2O2/c20-14-8-13(25-9-10-4-3-7-28-10)18-16(26-14)15(21)17(27(18)19(22)23)11-5-1-2-6-12(11)24;2-1-3/h3-4,7-8,11-12,19H,1-2,5-6,9,24H2,(H,25,26);1H,(H,2,3)/t11-,12-;/m0./s1. The molecule has 0 unspecified atom stereocenters. The number of alkyl halides is 2. The van der Waals surface area contributed by atoms with E-state index in [1.165, 1.54) is 0 Å². The van der Waals surface area contributed by atoms with Crippen LogP contribution < -0.4 is 11.1 Å². The van der Waals surface area contributed by atoms with Gasteiger partial charge in [-0.05, 0) is 24.3 Å². The van der Waals surface area contributed by atoms with Gasteiger partial charge in [0.2, 0.25) is 0 Å². The van der Waals surface area contributed by atoms with Gasteiger partial charge < -0.3 is 16.2 Å². The first-order chi connectivity index (χ1) is 14.9. The summed E-state index contributed by atoms with van der Waals surface area (Å²) in [5.74, 6) is -0.228. The summed E-state index contributed by atoms with van der Waals surface area (Å²) in [5, 5.41) is 12.5. The summed E-state index contributed by atoms with van der Waals surface area (Å²) in [6, 6.07) is 5.28. The van der Waals surface area contributed by atoms with E-state index < -0.39 is 6.55 Å². The molecule has 0 aliphatic heterocycles. The van der Waals surface area contributed by atoms with Gasteiger partial charge in [-0.3, -0.25) is 9.36 Å². The van der Waals surface area contributed by atoms with Crippen LogP contribution in [0, 0.1) is 0 Å². The van der Waals surface area contributed by atoms with E-state index in [4.69, 9.17) is 38.8 Å². The van der Waals surface area contributed by atoms with Gasteiger partial charge in [0.15, 0.2) is 0 Å². The van der Waals surface area contributed by atoms with Crippen molar-refractivity contribution in [3.63, 3.8) is 0 Å². The normalized spacial score (nSPS) is 18.6. The summed E-state index contributed by atoms with van der Waals surface area (Å²) in [6.45, 7) is -2.51. The highest BCUT2D eigenvalue weighted by molar-refractivity contribution is 7.09. The Morgan fingerprint density at radius 2 is 2.10 bits per heavy atom. The number of thiophene rings is 1. The third kappa shape index (κ3) is 5.11. The number of nitrogens with one attached hydrogen (secondary N) is 1. The number of rotatable bonds is 5. The van der Waals surface area contributed by atoms with Gasteiger partial charge in [0.05, 0.1) is 16.2 Å². The molecule has 11 heteroatoms. The summed E-state index contributed by atoms with van der Waals surface area (Å²) < 4.78 is 29.4. The van der Waals surface area contributed by atoms with E-state index in [1.807, 2.05) is 17.5 Å². The van der Waals surface area contributed by atoms with Crippen molar-refractivity contribution >= 4 is 57.7 Å². The molecule has 0 radical (unpaired) electrons. The maximum Gasteiger partial charge on any atom is 0.319 e. The monoisotopic (exact) mass is 490 g/mol. The Hall–Kier alpha value is -1.94. The molecule has 1 saturated carbocycles. The molecule has 1 fully saturated rings. The Balaban J connectivity index is 0.000000858. The summed E-state index contributed by atoms with van der Waals surface area (Å²) in [7, 11) is 0. The van der Waals surface area contributed by atoms with Gasteiger partial charge in [-0.1, -0.05) is 42.1 Å². The van der Waals surface area contributed by atoms with E-state index in [9.17, 15) is 8.78 Å². The molecular formula is C20H22Cl2F2N4O2S. The Kier molecular flexibility index (Phi) is 8.10. The second-order valence-corrected chi connectivity index (χ2v) is 8.93. The lowest BCUT2D eigenvalue weighted by Gasteiger charge is -2.30. The average molecular weight is 491 g/mol. The minimum absolute atomic E-state index is 0.203.